The van der Waals surface area contributed by atoms with Crippen LogP contribution in [0.5, 0.6) is 0 Å². The van der Waals surface area contributed by atoms with Crippen LogP contribution in [0.4, 0.5) is 4.79 Å². The Kier molecular flexibility index (Phi) is 6.93. The fourth-order valence-electron chi connectivity index (χ4n) is 1.79. The predicted molar refractivity (Wildman–Crippen MR) is 89.5 cm³/mol. The van der Waals surface area contributed by atoms with Gasteiger partial charge in [0.2, 0.25) is 0 Å². The molecule has 1 amide bonds. The van der Waals surface area contributed by atoms with E-state index in [4.69, 9.17) is 4.74 Å². The van der Waals surface area contributed by atoms with Gasteiger partial charge in [-0.25, -0.2) is 9.59 Å². The summed E-state index contributed by atoms with van der Waals surface area (Å²) < 4.78 is 6.88. The summed E-state index contributed by atoms with van der Waals surface area (Å²) >= 11 is 1.43. The van der Waals surface area contributed by atoms with Crippen molar-refractivity contribution >= 4 is 23.8 Å². The molecule has 0 saturated heterocycles. The van der Waals surface area contributed by atoms with Crippen LogP contribution in [0.15, 0.2) is 6.07 Å². The molecule has 1 unspecified atom stereocenters. The molecule has 0 saturated carbocycles. The Morgan fingerprint density at radius 2 is 2.13 bits per heavy atom. The molecule has 0 radical (unpaired) electrons. The van der Waals surface area contributed by atoms with Gasteiger partial charge in [0, 0.05) is 24.2 Å². The number of hydrogen-bond acceptors (Lipinski definition) is 5. The van der Waals surface area contributed by atoms with Crippen molar-refractivity contribution in [3.05, 3.63) is 17.5 Å². The van der Waals surface area contributed by atoms with Gasteiger partial charge < -0.3 is 15.2 Å². The number of carboxylic acid groups (broad SMARTS) is 1. The number of ether oxygens (including phenoxy) is 1. The molecule has 1 aromatic heterocycles. The topological polar surface area (TPSA) is 93.5 Å². The summed E-state index contributed by atoms with van der Waals surface area (Å²) in [4.78, 5) is 22.9. The molecular weight excluding hydrogens is 318 g/mol. The minimum Gasteiger partial charge on any atom is -0.480 e. The van der Waals surface area contributed by atoms with E-state index in [0.29, 0.717) is 5.75 Å². The van der Waals surface area contributed by atoms with Crippen LogP contribution >= 0.6 is 11.8 Å². The number of aromatic nitrogens is 2. The molecule has 0 aliphatic heterocycles. The van der Waals surface area contributed by atoms with Crippen LogP contribution in [0.1, 0.15) is 39.1 Å². The van der Waals surface area contributed by atoms with Crippen LogP contribution in [0, 0.1) is 0 Å². The molecule has 130 valence electrons. The molecule has 0 fully saturated rings. The molecule has 23 heavy (non-hydrogen) atoms. The van der Waals surface area contributed by atoms with E-state index in [1.807, 2.05) is 20.0 Å². The highest BCUT2D eigenvalue weighted by atomic mass is 32.2. The molecule has 0 aliphatic rings. The number of rotatable bonds is 7. The highest BCUT2D eigenvalue weighted by Gasteiger charge is 2.24. The van der Waals surface area contributed by atoms with Gasteiger partial charge in [0.05, 0.1) is 5.69 Å². The van der Waals surface area contributed by atoms with Crippen LogP contribution in [-0.4, -0.2) is 44.3 Å². The number of hydrogen-bond donors (Lipinski definition) is 2. The number of carbonyl (C=O) groups is 2. The molecule has 7 nitrogen and oxygen atoms in total. The van der Waals surface area contributed by atoms with Gasteiger partial charge in [-0.2, -0.15) is 16.9 Å². The number of aliphatic carboxylic acids is 1. The van der Waals surface area contributed by atoms with E-state index in [-0.39, 0.29) is 5.75 Å². The molecular formula is C15H25N3O4S. The summed E-state index contributed by atoms with van der Waals surface area (Å²) in [5.41, 5.74) is 1.36. The molecule has 8 heteroatoms. The van der Waals surface area contributed by atoms with Gasteiger partial charge in [-0.3, -0.25) is 4.68 Å². The lowest BCUT2D eigenvalue weighted by Crippen LogP contribution is -2.44. The molecule has 1 heterocycles. The average molecular weight is 343 g/mol. The molecule has 1 atom stereocenters. The maximum Gasteiger partial charge on any atom is 0.408 e. The largest absolute Gasteiger partial charge is 0.480 e. The van der Waals surface area contributed by atoms with Crippen molar-refractivity contribution in [2.24, 2.45) is 7.05 Å². The molecule has 0 spiro atoms. The third-order valence-corrected chi connectivity index (χ3v) is 3.98. The maximum atomic E-state index is 11.7. The third kappa shape index (κ3) is 6.94. The number of carbonyl (C=O) groups excluding carboxylic acids is 1. The summed E-state index contributed by atoms with van der Waals surface area (Å²) in [6.45, 7) is 7.21. The van der Waals surface area contributed by atoms with E-state index in [2.05, 4.69) is 10.4 Å². The van der Waals surface area contributed by atoms with Crippen molar-refractivity contribution in [1.29, 1.82) is 0 Å². The van der Waals surface area contributed by atoms with Crippen LogP contribution < -0.4 is 5.32 Å². The Morgan fingerprint density at radius 3 is 2.61 bits per heavy atom. The lowest BCUT2D eigenvalue weighted by Gasteiger charge is -2.21. The minimum absolute atomic E-state index is 0.251. The zero-order chi connectivity index (χ0) is 17.6. The first-order chi connectivity index (χ1) is 10.6. The summed E-state index contributed by atoms with van der Waals surface area (Å²) in [6.07, 6.45) is 0.135. The zero-order valence-electron chi connectivity index (χ0n) is 14.3. The van der Waals surface area contributed by atoms with Crippen LogP contribution in [0.2, 0.25) is 0 Å². The van der Waals surface area contributed by atoms with E-state index in [0.717, 1.165) is 17.8 Å². The Labute approximate surface area is 140 Å². The Morgan fingerprint density at radius 1 is 1.48 bits per heavy atom. The lowest BCUT2D eigenvalue weighted by molar-refractivity contribution is -0.138. The summed E-state index contributed by atoms with van der Waals surface area (Å²) in [7, 11) is 1.86. The molecule has 0 aromatic carbocycles. The Hall–Kier alpha value is -1.70. The van der Waals surface area contributed by atoms with E-state index in [9.17, 15) is 14.7 Å². The van der Waals surface area contributed by atoms with Gasteiger partial charge in [0.25, 0.3) is 0 Å². The van der Waals surface area contributed by atoms with Gasteiger partial charge in [0.1, 0.15) is 11.6 Å². The fraction of sp³-hybridized carbons (Fsp3) is 0.667. The van der Waals surface area contributed by atoms with Gasteiger partial charge in [-0.1, -0.05) is 6.92 Å². The van der Waals surface area contributed by atoms with Gasteiger partial charge >= 0.3 is 12.1 Å². The van der Waals surface area contributed by atoms with Crippen molar-refractivity contribution in [3.8, 4) is 0 Å². The fourth-order valence-corrected chi connectivity index (χ4v) is 2.84. The van der Waals surface area contributed by atoms with Crippen molar-refractivity contribution in [2.75, 3.05) is 5.75 Å². The number of aryl methyl sites for hydroxylation is 2. The second-order valence-corrected chi connectivity index (χ2v) is 7.19. The normalized spacial score (nSPS) is 12.7. The lowest BCUT2D eigenvalue weighted by atomic mass is 10.2. The first kappa shape index (κ1) is 19.3. The quantitative estimate of drug-likeness (QED) is 0.788. The van der Waals surface area contributed by atoms with Gasteiger partial charge in [-0.15, -0.1) is 0 Å². The highest BCUT2D eigenvalue weighted by molar-refractivity contribution is 7.98. The van der Waals surface area contributed by atoms with Crippen LogP contribution in [0.25, 0.3) is 0 Å². The van der Waals surface area contributed by atoms with E-state index < -0.39 is 23.7 Å². The number of alkyl carbamates (subject to hydrolysis) is 1. The predicted octanol–water partition coefficient (Wildman–Crippen LogP) is 2.19. The van der Waals surface area contributed by atoms with Gasteiger partial charge in [-0.05, 0) is 33.3 Å². The van der Waals surface area contributed by atoms with E-state index in [1.165, 1.54) is 11.8 Å². The molecule has 1 rings (SSSR count). The summed E-state index contributed by atoms with van der Waals surface area (Å²) in [6, 6.07) is 1.01. The van der Waals surface area contributed by atoms with Crippen molar-refractivity contribution < 1.29 is 19.4 Å². The van der Waals surface area contributed by atoms with E-state index in [1.54, 1.807) is 25.5 Å². The smallest absolute Gasteiger partial charge is 0.408 e. The Balaban J connectivity index is 2.52. The number of nitrogens with one attached hydrogen (secondary N) is 1. The SMILES string of the molecule is CCc1cc(CSCC(NC(=O)OC(C)(C)C)C(=O)O)n(C)n1. The number of amides is 1. The first-order valence-corrected chi connectivity index (χ1v) is 8.59. The van der Waals surface area contributed by atoms with Gasteiger partial charge in [0.15, 0.2) is 0 Å². The third-order valence-electron chi connectivity index (χ3n) is 2.91. The summed E-state index contributed by atoms with van der Waals surface area (Å²) in [5.74, 6) is -0.201. The van der Waals surface area contributed by atoms with E-state index >= 15 is 0 Å². The number of thioether (sulfide) groups is 1. The average Bonchev–Trinajstić information content (AvgIpc) is 2.76. The first-order valence-electron chi connectivity index (χ1n) is 7.44. The molecule has 1 aromatic rings. The zero-order valence-corrected chi connectivity index (χ0v) is 15.1. The molecule has 2 N–H and O–H groups in total. The van der Waals surface area contributed by atoms with Crippen LogP contribution in [0.3, 0.4) is 0 Å². The molecule has 0 aliphatic carbocycles. The van der Waals surface area contributed by atoms with Crippen molar-refractivity contribution in [1.82, 2.24) is 15.1 Å². The second-order valence-electron chi connectivity index (χ2n) is 6.16. The molecule has 0 bridgehead atoms. The maximum absolute atomic E-state index is 11.7. The second kappa shape index (κ2) is 8.24. The van der Waals surface area contributed by atoms with Crippen LogP contribution in [-0.2, 0) is 28.8 Å². The monoisotopic (exact) mass is 343 g/mol. The van der Waals surface area contributed by atoms with Crippen molar-refractivity contribution in [2.45, 2.75) is 51.5 Å². The Bertz CT molecular complexity index is 551. The highest BCUT2D eigenvalue weighted by Crippen LogP contribution is 2.15. The van der Waals surface area contributed by atoms with Crippen molar-refractivity contribution in [3.63, 3.8) is 0 Å². The standard InChI is InChI=1S/C15H25N3O4S/c1-6-10-7-11(18(5)17-10)8-23-9-12(13(19)20)16-14(21)22-15(2,3)4/h7,12H,6,8-9H2,1-5H3,(H,16,21)(H,19,20). The number of carboxylic acids is 1. The number of nitrogens with zero attached hydrogens (tertiary/aromatic N) is 2. The summed E-state index contributed by atoms with van der Waals surface area (Å²) in [5, 5.41) is 15.9. The minimum atomic E-state index is -1.08.